The first-order valence-electron chi connectivity index (χ1n) is 9.39. The largest absolute Gasteiger partial charge is 0.345 e. The third-order valence-corrected chi connectivity index (χ3v) is 4.67. The van der Waals surface area contributed by atoms with Crippen LogP contribution in [-0.4, -0.2) is 15.5 Å². The lowest BCUT2D eigenvalue weighted by Gasteiger charge is -2.10. The Bertz CT molecular complexity index is 1170. The zero-order valence-electron chi connectivity index (χ0n) is 15.8. The summed E-state index contributed by atoms with van der Waals surface area (Å²) in [6, 6.07) is 24.0. The quantitative estimate of drug-likeness (QED) is 0.495. The molecule has 4 rings (SSSR count). The van der Waals surface area contributed by atoms with E-state index in [-0.39, 0.29) is 18.3 Å². The number of fused-ring (bicyclic) bond motifs is 1. The first-order chi connectivity index (χ1) is 14.2. The lowest BCUT2D eigenvalue weighted by Crippen LogP contribution is -2.23. The van der Waals surface area contributed by atoms with Crippen LogP contribution in [0.5, 0.6) is 0 Å². The molecule has 3 aromatic carbocycles. The van der Waals surface area contributed by atoms with E-state index in [2.05, 4.69) is 10.3 Å². The molecule has 0 aliphatic heterocycles. The van der Waals surface area contributed by atoms with Crippen LogP contribution in [0.25, 0.3) is 17.1 Å². The van der Waals surface area contributed by atoms with E-state index < -0.39 is 0 Å². The topological polar surface area (TPSA) is 46.9 Å². The minimum atomic E-state index is -0.258. The number of carbonyl (C=O) groups excluding carboxylic acids is 1. The van der Waals surface area contributed by atoms with E-state index in [1.165, 1.54) is 12.1 Å². The van der Waals surface area contributed by atoms with Crippen molar-refractivity contribution in [1.82, 2.24) is 14.9 Å². The van der Waals surface area contributed by atoms with E-state index in [4.69, 9.17) is 0 Å². The molecule has 0 aliphatic carbocycles. The molecule has 0 radical (unpaired) electrons. The van der Waals surface area contributed by atoms with Crippen molar-refractivity contribution in [1.29, 1.82) is 0 Å². The molecule has 29 heavy (non-hydrogen) atoms. The predicted octanol–water partition coefficient (Wildman–Crippen LogP) is 4.55. The summed E-state index contributed by atoms with van der Waals surface area (Å²) in [5.74, 6) is 0.209. The average molecular weight is 385 g/mol. The Labute approximate surface area is 168 Å². The summed E-state index contributed by atoms with van der Waals surface area (Å²) >= 11 is 0. The zero-order chi connectivity index (χ0) is 20.1. The van der Waals surface area contributed by atoms with Gasteiger partial charge in [0.15, 0.2) is 0 Å². The number of aromatic nitrogens is 2. The van der Waals surface area contributed by atoms with Crippen LogP contribution < -0.4 is 5.32 Å². The number of rotatable bonds is 6. The van der Waals surface area contributed by atoms with Crippen molar-refractivity contribution in [3.8, 4) is 0 Å². The van der Waals surface area contributed by atoms with Crippen molar-refractivity contribution in [3.05, 3.63) is 108 Å². The number of amides is 1. The van der Waals surface area contributed by atoms with E-state index in [1.807, 2.05) is 65.2 Å². The Hall–Kier alpha value is -3.73. The molecule has 1 amide bonds. The molecular weight excluding hydrogens is 365 g/mol. The zero-order valence-corrected chi connectivity index (χ0v) is 15.8. The molecule has 0 saturated carbocycles. The average Bonchev–Trinajstić information content (AvgIpc) is 3.10. The summed E-state index contributed by atoms with van der Waals surface area (Å²) in [5, 5.41) is 2.87. The number of carbonyl (C=O) groups is 1. The van der Waals surface area contributed by atoms with Gasteiger partial charge in [0.1, 0.15) is 11.6 Å². The van der Waals surface area contributed by atoms with Crippen molar-refractivity contribution < 1.29 is 9.18 Å². The number of hydrogen-bond acceptors (Lipinski definition) is 2. The highest BCUT2D eigenvalue weighted by molar-refractivity contribution is 5.91. The fourth-order valence-corrected chi connectivity index (χ4v) is 3.19. The maximum Gasteiger partial charge on any atom is 0.244 e. The molecule has 0 atom stereocenters. The first kappa shape index (κ1) is 18.6. The van der Waals surface area contributed by atoms with Crippen molar-refractivity contribution in [2.75, 3.05) is 0 Å². The fourth-order valence-electron chi connectivity index (χ4n) is 3.19. The second kappa shape index (κ2) is 8.52. The van der Waals surface area contributed by atoms with Gasteiger partial charge in [-0.15, -0.1) is 0 Å². The Balaban J connectivity index is 1.54. The summed E-state index contributed by atoms with van der Waals surface area (Å²) in [5.41, 5.74) is 3.24. The van der Waals surface area contributed by atoms with E-state index in [0.29, 0.717) is 17.9 Å². The monoisotopic (exact) mass is 385 g/mol. The molecule has 4 nitrogen and oxygen atoms in total. The summed E-state index contributed by atoms with van der Waals surface area (Å²) < 4.78 is 16.1. The molecule has 0 fully saturated rings. The summed E-state index contributed by atoms with van der Waals surface area (Å²) in [6.45, 7) is 0.597. The van der Waals surface area contributed by atoms with Crippen molar-refractivity contribution in [2.24, 2.45) is 0 Å². The summed E-state index contributed by atoms with van der Waals surface area (Å²) in [6.07, 6.45) is 3.26. The van der Waals surface area contributed by atoms with Crippen molar-refractivity contribution >= 4 is 23.0 Å². The molecule has 0 saturated heterocycles. The highest BCUT2D eigenvalue weighted by Gasteiger charge is 2.13. The normalized spacial score (nSPS) is 11.2. The van der Waals surface area contributed by atoms with Crippen LogP contribution in [0.15, 0.2) is 84.9 Å². The lowest BCUT2D eigenvalue weighted by atomic mass is 10.2. The molecule has 0 unspecified atom stereocenters. The van der Waals surface area contributed by atoms with Gasteiger partial charge in [-0.2, -0.15) is 0 Å². The van der Waals surface area contributed by atoms with E-state index >= 15 is 0 Å². The minimum absolute atomic E-state index is 0.210. The molecule has 4 aromatic rings. The maximum absolute atomic E-state index is 14.2. The van der Waals surface area contributed by atoms with Crippen LogP contribution in [0.4, 0.5) is 4.39 Å². The summed E-state index contributed by atoms with van der Waals surface area (Å²) in [7, 11) is 0. The SMILES string of the molecule is O=C(/C=C\c1ccccc1)NCc1nc2ccccc2n1Cc1ccccc1F. The number of para-hydroxylation sites is 2. The van der Waals surface area contributed by atoms with Crippen LogP contribution in [0, 0.1) is 5.82 Å². The van der Waals surface area contributed by atoms with Gasteiger partial charge in [0.25, 0.3) is 0 Å². The number of benzene rings is 3. The smallest absolute Gasteiger partial charge is 0.244 e. The molecule has 0 aliphatic rings. The van der Waals surface area contributed by atoms with Gasteiger partial charge in [0.05, 0.1) is 24.1 Å². The Morgan fingerprint density at radius 1 is 0.966 bits per heavy atom. The summed E-state index contributed by atoms with van der Waals surface area (Å²) in [4.78, 5) is 16.9. The second-order valence-electron chi connectivity index (χ2n) is 6.66. The third kappa shape index (κ3) is 4.41. The van der Waals surface area contributed by atoms with Gasteiger partial charge in [0.2, 0.25) is 5.91 Å². The van der Waals surface area contributed by atoms with Gasteiger partial charge in [-0.25, -0.2) is 9.37 Å². The van der Waals surface area contributed by atoms with E-state index in [0.717, 1.165) is 16.6 Å². The van der Waals surface area contributed by atoms with E-state index in [1.54, 1.807) is 18.2 Å². The van der Waals surface area contributed by atoms with Crippen molar-refractivity contribution in [2.45, 2.75) is 13.1 Å². The van der Waals surface area contributed by atoms with Crippen LogP contribution in [0.3, 0.4) is 0 Å². The van der Waals surface area contributed by atoms with Gasteiger partial charge in [-0.05, 0) is 29.8 Å². The molecule has 144 valence electrons. The molecule has 1 N–H and O–H groups in total. The number of imidazole rings is 1. The van der Waals surface area contributed by atoms with Crippen LogP contribution in [-0.2, 0) is 17.9 Å². The first-order valence-corrected chi connectivity index (χ1v) is 9.39. The van der Waals surface area contributed by atoms with Gasteiger partial charge < -0.3 is 9.88 Å². The maximum atomic E-state index is 14.2. The Morgan fingerprint density at radius 3 is 2.52 bits per heavy atom. The van der Waals surface area contributed by atoms with Gasteiger partial charge in [-0.3, -0.25) is 4.79 Å². The van der Waals surface area contributed by atoms with Crippen LogP contribution in [0.1, 0.15) is 17.0 Å². The third-order valence-electron chi connectivity index (χ3n) is 4.67. The molecule has 1 aromatic heterocycles. The minimum Gasteiger partial charge on any atom is -0.345 e. The fraction of sp³-hybridized carbons (Fsp3) is 0.0833. The highest BCUT2D eigenvalue weighted by Crippen LogP contribution is 2.19. The lowest BCUT2D eigenvalue weighted by molar-refractivity contribution is -0.116. The van der Waals surface area contributed by atoms with E-state index in [9.17, 15) is 9.18 Å². The molecule has 0 spiro atoms. The van der Waals surface area contributed by atoms with Crippen LogP contribution in [0.2, 0.25) is 0 Å². The second-order valence-corrected chi connectivity index (χ2v) is 6.66. The predicted molar refractivity (Wildman–Crippen MR) is 113 cm³/mol. The van der Waals surface area contributed by atoms with Crippen LogP contribution >= 0.6 is 0 Å². The Kier molecular flexibility index (Phi) is 5.47. The number of nitrogens with one attached hydrogen (secondary N) is 1. The molecule has 0 bridgehead atoms. The highest BCUT2D eigenvalue weighted by atomic mass is 19.1. The van der Waals surface area contributed by atoms with Gasteiger partial charge in [0, 0.05) is 11.6 Å². The van der Waals surface area contributed by atoms with Gasteiger partial charge in [-0.1, -0.05) is 60.7 Å². The van der Waals surface area contributed by atoms with Crippen molar-refractivity contribution in [3.63, 3.8) is 0 Å². The standard InChI is InChI=1S/C24H20FN3O/c25-20-11-5-4-10-19(20)17-28-22-13-7-6-12-21(22)27-23(28)16-26-24(29)15-14-18-8-2-1-3-9-18/h1-15H,16-17H2,(H,26,29)/b15-14-. The molecule has 1 heterocycles. The number of hydrogen-bond donors (Lipinski definition) is 1. The van der Waals surface area contributed by atoms with Gasteiger partial charge >= 0.3 is 0 Å². The number of halogens is 1. The Morgan fingerprint density at radius 2 is 1.69 bits per heavy atom. The molecule has 5 heteroatoms. The number of nitrogens with zero attached hydrogens (tertiary/aromatic N) is 2. The molecular formula is C24H20FN3O.